The molecule has 0 atom stereocenters. The Morgan fingerprint density at radius 2 is 1.92 bits per heavy atom. The number of hydrogen-bond acceptors (Lipinski definition) is 7. The number of benzene rings is 1. The number of oxazole rings is 1. The topological polar surface area (TPSA) is 58.3 Å². The van der Waals surface area contributed by atoms with Crippen LogP contribution in [0.2, 0.25) is 5.02 Å². The van der Waals surface area contributed by atoms with E-state index in [9.17, 15) is 0 Å². The van der Waals surface area contributed by atoms with Crippen molar-refractivity contribution in [3.05, 3.63) is 41.2 Å². The molecular weight excluding hydrogens is 370 g/mol. The van der Waals surface area contributed by atoms with E-state index in [0.717, 1.165) is 54.7 Å². The number of piperazine rings is 1. The molecule has 6 nitrogen and oxygen atoms in total. The van der Waals surface area contributed by atoms with Crippen molar-refractivity contribution in [2.75, 3.05) is 36.8 Å². The van der Waals surface area contributed by atoms with Crippen LogP contribution in [0, 0.1) is 0 Å². The second-order valence-corrected chi connectivity index (χ2v) is 7.79. The summed E-state index contributed by atoms with van der Waals surface area (Å²) in [5.74, 6) is 0.988. The summed E-state index contributed by atoms with van der Waals surface area (Å²) >= 11 is 7.84. The summed E-state index contributed by atoms with van der Waals surface area (Å²) < 4.78 is 5.87. The molecule has 0 aliphatic carbocycles. The Bertz CT molecular complexity index is 877. The summed E-state index contributed by atoms with van der Waals surface area (Å²) in [6, 6.07) is 6.28. The van der Waals surface area contributed by atoms with Gasteiger partial charge in [0.15, 0.2) is 10.7 Å². The number of thioether (sulfide) groups is 1. The number of fused-ring (bicyclic) bond motifs is 1. The van der Waals surface area contributed by atoms with E-state index in [4.69, 9.17) is 16.0 Å². The van der Waals surface area contributed by atoms with Crippen LogP contribution in [0.4, 0.5) is 6.01 Å². The maximum Gasteiger partial charge on any atom is 0.298 e. The third-order valence-corrected chi connectivity index (χ3v) is 5.42. The molecule has 2 aromatic heterocycles. The number of hydrogen-bond donors (Lipinski definition) is 0. The Hall–Kier alpha value is -1.83. The average molecular weight is 390 g/mol. The van der Waals surface area contributed by atoms with Crippen LogP contribution >= 0.6 is 23.4 Å². The van der Waals surface area contributed by atoms with E-state index in [1.54, 1.807) is 11.8 Å². The zero-order valence-electron chi connectivity index (χ0n) is 14.6. The molecule has 8 heteroatoms. The van der Waals surface area contributed by atoms with Crippen molar-refractivity contribution >= 4 is 40.5 Å². The second-order valence-electron chi connectivity index (χ2n) is 6.15. The van der Waals surface area contributed by atoms with Crippen LogP contribution in [-0.4, -0.2) is 51.8 Å². The molecule has 1 aliphatic rings. The van der Waals surface area contributed by atoms with Gasteiger partial charge in [-0.05, 0) is 17.9 Å². The van der Waals surface area contributed by atoms with Crippen molar-refractivity contribution in [1.82, 2.24) is 19.9 Å². The first-order valence-electron chi connectivity index (χ1n) is 8.69. The normalized spacial score (nSPS) is 15.7. The summed E-state index contributed by atoms with van der Waals surface area (Å²) in [7, 11) is 0. The molecule has 0 unspecified atom stereocenters. The highest BCUT2D eigenvalue weighted by atomic mass is 35.5. The molecular formula is C18H20ClN5OS. The van der Waals surface area contributed by atoms with E-state index in [0.29, 0.717) is 16.6 Å². The first-order valence-corrected chi connectivity index (χ1v) is 10.1. The molecule has 3 heterocycles. The van der Waals surface area contributed by atoms with E-state index >= 15 is 0 Å². The number of halogens is 1. The average Bonchev–Trinajstić information content (AvgIpc) is 3.10. The zero-order valence-corrected chi connectivity index (χ0v) is 16.1. The minimum absolute atomic E-state index is 0.601. The van der Waals surface area contributed by atoms with Crippen LogP contribution in [-0.2, 0) is 6.54 Å². The molecule has 26 heavy (non-hydrogen) atoms. The van der Waals surface area contributed by atoms with Gasteiger partial charge < -0.3 is 9.32 Å². The molecule has 1 saturated heterocycles. The van der Waals surface area contributed by atoms with Crippen molar-refractivity contribution in [2.24, 2.45) is 0 Å². The lowest BCUT2D eigenvalue weighted by Gasteiger charge is -2.33. The standard InChI is InChI=1S/C18H20ClN5OS/c1-2-26-17-20-10-13(11-21-17)12-23-6-8-24(9-7-23)18-22-15-5-3-4-14(19)16(15)25-18/h3-5,10-11H,2,6-9,12H2,1H3. The Morgan fingerprint density at radius 3 is 2.62 bits per heavy atom. The Labute approximate surface area is 161 Å². The fourth-order valence-corrected chi connectivity index (χ4v) is 3.74. The summed E-state index contributed by atoms with van der Waals surface area (Å²) in [5.41, 5.74) is 2.61. The van der Waals surface area contributed by atoms with Gasteiger partial charge in [0.05, 0.1) is 5.02 Å². The van der Waals surface area contributed by atoms with Gasteiger partial charge >= 0.3 is 0 Å². The molecule has 0 amide bonds. The molecule has 136 valence electrons. The Kier molecular flexibility index (Phi) is 5.28. The molecule has 0 radical (unpaired) electrons. The fraction of sp³-hybridized carbons (Fsp3) is 0.389. The van der Waals surface area contributed by atoms with Crippen molar-refractivity contribution in [3.8, 4) is 0 Å². The summed E-state index contributed by atoms with van der Waals surface area (Å²) in [6.07, 6.45) is 3.86. The second kappa shape index (κ2) is 7.82. The number of anilines is 1. The van der Waals surface area contributed by atoms with Crippen LogP contribution in [0.1, 0.15) is 12.5 Å². The lowest BCUT2D eigenvalue weighted by atomic mass is 10.2. The fourth-order valence-electron chi connectivity index (χ4n) is 3.02. The van der Waals surface area contributed by atoms with Gasteiger partial charge in [0.2, 0.25) is 0 Å². The maximum absolute atomic E-state index is 6.18. The number of para-hydroxylation sites is 1. The molecule has 0 bridgehead atoms. The van der Waals surface area contributed by atoms with Gasteiger partial charge in [0.1, 0.15) is 5.52 Å². The van der Waals surface area contributed by atoms with E-state index in [1.165, 1.54) is 0 Å². The highest BCUT2D eigenvalue weighted by molar-refractivity contribution is 7.99. The van der Waals surface area contributed by atoms with Crippen LogP contribution in [0.25, 0.3) is 11.1 Å². The van der Waals surface area contributed by atoms with Gasteiger partial charge in [-0.25, -0.2) is 9.97 Å². The van der Waals surface area contributed by atoms with Crippen LogP contribution < -0.4 is 4.90 Å². The first kappa shape index (κ1) is 17.6. The number of nitrogens with zero attached hydrogens (tertiary/aromatic N) is 5. The van der Waals surface area contributed by atoms with Gasteiger partial charge in [-0.3, -0.25) is 4.90 Å². The molecule has 4 rings (SSSR count). The van der Waals surface area contributed by atoms with Gasteiger partial charge in [-0.1, -0.05) is 36.4 Å². The first-order chi connectivity index (χ1) is 12.7. The molecule has 1 aliphatic heterocycles. The molecule has 1 fully saturated rings. The predicted molar refractivity (Wildman–Crippen MR) is 105 cm³/mol. The maximum atomic E-state index is 6.18. The molecule has 1 aromatic carbocycles. The van der Waals surface area contributed by atoms with E-state index in [-0.39, 0.29) is 0 Å². The monoisotopic (exact) mass is 389 g/mol. The van der Waals surface area contributed by atoms with Crippen molar-refractivity contribution < 1.29 is 4.42 Å². The highest BCUT2D eigenvalue weighted by Crippen LogP contribution is 2.28. The van der Waals surface area contributed by atoms with Crippen LogP contribution in [0.3, 0.4) is 0 Å². The number of rotatable bonds is 5. The molecule has 0 spiro atoms. The minimum atomic E-state index is 0.601. The smallest absolute Gasteiger partial charge is 0.298 e. The summed E-state index contributed by atoms with van der Waals surface area (Å²) in [6.45, 7) is 6.59. The van der Waals surface area contributed by atoms with Gasteiger partial charge in [-0.15, -0.1) is 0 Å². The SMILES string of the molecule is CCSc1ncc(CN2CCN(c3nc4cccc(Cl)c4o3)CC2)cn1. The third kappa shape index (κ3) is 3.79. The summed E-state index contributed by atoms with van der Waals surface area (Å²) in [5, 5.41) is 1.44. The lowest BCUT2D eigenvalue weighted by molar-refractivity contribution is 0.245. The zero-order chi connectivity index (χ0) is 17.9. The van der Waals surface area contributed by atoms with Gasteiger partial charge in [0.25, 0.3) is 6.01 Å². The summed E-state index contributed by atoms with van der Waals surface area (Å²) in [4.78, 5) is 18.0. The van der Waals surface area contributed by atoms with E-state index in [1.807, 2.05) is 30.6 Å². The third-order valence-electron chi connectivity index (χ3n) is 4.36. The quantitative estimate of drug-likeness (QED) is 0.487. The van der Waals surface area contributed by atoms with Crippen molar-refractivity contribution in [3.63, 3.8) is 0 Å². The van der Waals surface area contributed by atoms with Gasteiger partial charge in [-0.2, -0.15) is 4.98 Å². The minimum Gasteiger partial charge on any atom is -0.422 e. The van der Waals surface area contributed by atoms with Crippen molar-refractivity contribution in [1.29, 1.82) is 0 Å². The van der Waals surface area contributed by atoms with E-state index in [2.05, 4.69) is 31.7 Å². The number of aromatic nitrogens is 3. The highest BCUT2D eigenvalue weighted by Gasteiger charge is 2.21. The van der Waals surface area contributed by atoms with Gasteiger partial charge in [0, 0.05) is 50.7 Å². The van der Waals surface area contributed by atoms with Crippen molar-refractivity contribution in [2.45, 2.75) is 18.6 Å². The Morgan fingerprint density at radius 1 is 1.15 bits per heavy atom. The molecule has 0 saturated carbocycles. The Balaban J connectivity index is 1.36. The van der Waals surface area contributed by atoms with E-state index < -0.39 is 0 Å². The molecule has 0 N–H and O–H groups in total. The predicted octanol–water partition coefficient (Wildman–Crippen LogP) is 3.71. The van der Waals surface area contributed by atoms with Crippen LogP contribution in [0.15, 0.2) is 40.2 Å². The molecule has 3 aromatic rings. The van der Waals surface area contributed by atoms with Crippen LogP contribution in [0.5, 0.6) is 0 Å². The lowest BCUT2D eigenvalue weighted by Crippen LogP contribution is -2.46. The largest absolute Gasteiger partial charge is 0.422 e.